The molecule has 1 nitrogen and oxygen atoms in total. The lowest BCUT2D eigenvalue weighted by Gasteiger charge is -2.28. The third-order valence-corrected chi connectivity index (χ3v) is 1.55. The van der Waals surface area contributed by atoms with E-state index in [0.29, 0.717) is 12.0 Å². The number of ether oxygens (including phenoxy) is 1. The lowest BCUT2D eigenvalue weighted by Crippen LogP contribution is -2.32. The highest BCUT2D eigenvalue weighted by Crippen LogP contribution is 2.18. The van der Waals surface area contributed by atoms with Crippen LogP contribution in [-0.2, 0) is 4.74 Å². The van der Waals surface area contributed by atoms with Crippen LogP contribution in [0, 0.1) is 18.3 Å². The Hall–Kier alpha value is -0.480. The monoisotopic (exact) mass is 110 g/mol. The summed E-state index contributed by atoms with van der Waals surface area (Å²) in [4.78, 5) is 0. The summed E-state index contributed by atoms with van der Waals surface area (Å²) in [7, 11) is 0. The van der Waals surface area contributed by atoms with Gasteiger partial charge in [0, 0.05) is 12.5 Å². The van der Waals surface area contributed by atoms with E-state index < -0.39 is 0 Å². The van der Waals surface area contributed by atoms with Crippen molar-refractivity contribution in [2.24, 2.45) is 5.92 Å². The highest BCUT2D eigenvalue weighted by molar-refractivity contribution is 4.96. The third kappa shape index (κ3) is 0.850. The fraction of sp³-hybridized carbons (Fsp3) is 0.714. The zero-order valence-electron chi connectivity index (χ0n) is 5.05. The standard InChI is InChI=1S/C7H10O/c1-3-6(2)7-4-5-8-7/h1,6-7H,4-5H2,2H3. The molecular weight excluding hydrogens is 100 g/mol. The topological polar surface area (TPSA) is 9.23 Å². The molecule has 1 fully saturated rings. The lowest BCUT2D eigenvalue weighted by molar-refractivity contribution is -0.0680. The van der Waals surface area contributed by atoms with Crippen molar-refractivity contribution in [3.8, 4) is 12.3 Å². The molecule has 2 unspecified atom stereocenters. The van der Waals surface area contributed by atoms with E-state index in [0.717, 1.165) is 13.0 Å². The SMILES string of the molecule is C#CC(C)C1CCO1. The molecule has 0 aliphatic carbocycles. The van der Waals surface area contributed by atoms with Crippen molar-refractivity contribution in [3.63, 3.8) is 0 Å². The summed E-state index contributed by atoms with van der Waals surface area (Å²) in [6.07, 6.45) is 6.66. The second-order valence-electron chi connectivity index (χ2n) is 2.15. The molecule has 1 rings (SSSR count). The molecule has 1 heterocycles. The van der Waals surface area contributed by atoms with Crippen LogP contribution in [-0.4, -0.2) is 12.7 Å². The van der Waals surface area contributed by atoms with Crippen LogP contribution >= 0.6 is 0 Å². The predicted molar refractivity (Wildman–Crippen MR) is 32.4 cm³/mol. The molecule has 0 aromatic heterocycles. The van der Waals surface area contributed by atoms with E-state index in [2.05, 4.69) is 5.92 Å². The van der Waals surface area contributed by atoms with E-state index in [9.17, 15) is 0 Å². The molecule has 0 bridgehead atoms. The second-order valence-corrected chi connectivity index (χ2v) is 2.15. The van der Waals surface area contributed by atoms with Crippen molar-refractivity contribution in [1.82, 2.24) is 0 Å². The van der Waals surface area contributed by atoms with Gasteiger partial charge in [-0.2, -0.15) is 0 Å². The molecule has 1 aliphatic heterocycles. The van der Waals surface area contributed by atoms with Crippen LogP contribution in [0.3, 0.4) is 0 Å². The van der Waals surface area contributed by atoms with Crippen LogP contribution in [0.2, 0.25) is 0 Å². The first-order valence-corrected chi connectivity index (χ1v) is 2.92. The van der Waals surface area contributed by atoms with Crippen molar-refractivity contribution in [2.75, 3.05) is 6.61 Å². The molecule has 8 heavy (non-hydrogen) atoms. The molecule has 1 heteroatoms. The number of terminal acetylenes is 1. The minimum Gasteiger partial charge on any atom is -0.377 e. The molecule has 0 aromatic carbocycles. The molecule has 0 saturated carbocycles. The molecule has 0 amide bonds. The molecule has 44 valence electrons. The first kappa shape index (κ1) is 5.65. The fourth-order valence-corrected chi connectivity index (χ4v) is 0.756. The number of rotatable bonds is 1. The molecule has 0 N–H and O–H groups in total. The Morgan fingerprint density at radius 3 is 2.62 bits per heavy atom. The van der Waals surface area contributed by atoms with Gasteiger partial charge in [-0.25, -0.2) is 0 Å². The van der Waals surface area contributed by atoms with Crippen LogP contribution < -0.4 is 0 Å². The van der Waals surface area contributed by atoms with Crippen molar-refractivity contribution >= 4 is 0 Å². The largest absolute Gasteiger partial charge is 0.377 e. The molecule has 0 radical (unpaired) electrons. The molecule has 0 aromatic rings. The van der Waals surface area contributed by atoms with Crippen molar-refractivity contribution in [1.29, 1.82) is 0 Å². The molecule has 1 aliphatic rings. The van der Waals surface area contributed by atoms with Crippen LogP contribution in [0.5, 0.6) is 0 Å². The van der Waals surface area contributed by atoms with Crippen LogP contribution in [0.15, 0.2) is 0 Å². The smallest absolute Gasteiger partial charge is 0.0731 e. The Bertz CT molecular complexity index is 108. The van der Waals surface area contributed by atoms with Crippen LogP contribution in [0.4, 0.5) is 0 Å². The number of hydrogen-bond acceptors (Lipinski definition) is 1. The minimum atomic E-state index is 0.309. The van der Waals surface area contributed by atoms with Crippen molar-refractivity contribution in [3.05, 3.63) is 0 Å². The molecular formula is C7H10O. The molecule has 2 atom stereocenters. The van der Waals surface area contributed by atoms with Gasteiger partial charge in [0.2, 0.25) is 0 Å². The van der Waals surface area contributed by atoms with Gasteiger partial charge < -0.3 is 4.74 Å². The summed E-state index contributed by atoms with van der Waals surface area (Å²) in [5.74, 6) is 2.95. The third-order valence-electron chi connectivity index (χ3n) is 1.55. The van der Waals surface area contributed by atoms with Gasteiger partial charge in [-0.05, 0) is 13.3 Å². The highest BCUT2D eigenvalue weighted by atomic mass is 16.5. The summed E-state index contributed by atoms with van der Waals surface area (Å²) >= 11 is 0. The summed E-state index contributed by atoms with van der Waals surface area (Å²) in [6, 6.07) is 0. The van der Waals surface area contributed by atoms with Gasteiger partial charge in [0.05, 0.1) is 6.10 Å². The zero-order valence-corrected chi connectivity index (χ0v) is 5.05. The minimum absolute atomic E-state index is 0.309. The van der Waals surface area contributed by atoms with Gasteiger partial charge in [-0.15, -0.1) is 12.3 Å². The molecule has 0 spiro atoms. The van der Waals surface area contributed by atoms with E-state index >= 15 is 0 Å². The summed E-state index contributed by atoms with van der Waals surface area (Å²) in [6.45, 7) is 2.92. The van der Waals surface area contributed by atoms with Crippen LogP contribution in [0.25, 0.3) is 0 Å². The quantitative estimate of drug-likeness (QED) is 0.458. The first-order chi connectivity index (χ1) is 3.84. The van der Waals surface area contributed by atoms with Gasteiger partial charge in [0.25, 0.3) is 0 Å². The van der Waals surface area contributed by atoms with E-state index in [4.69, 9.17) is 11.2 Å². The maximum Gasteiger partial charge on any atom is 0.0731 e. The Balaban J connectivity index is 2.26. The van der Waals surface area contributed by atoms with Crippen molar-refractivity contribution < 1.29 is 4.74 Å². The van der Waals surface area contributed by atoms with E-state index in [1.165, 1.54) is 0 Å². The van der Waals surface area contributed by atoms with E-state index in [1.807, 2.05) is 6.92 Å². The van der Waals surface area contributed by atoms with Gasteiger partial charge >= 0.3 is 0 Å². The molecule has 1 saturated heterocycles. The van der Waals surface area contributed by atoms with E-state index in [1.54, 1.807) is 0 Å². The normalized spacial score (nSPS) is 30.2. The maximum absolute atomic E-state index is 5.15. The summed E-state index contributed by atoms with van der Waals surface area (Å²) in [5, 5.41) is 0. The Kier molecular flexibility index (Phi) is 1.55. The van der Waals surface area contributed by atoms with Gasteiger partial charge in [-0.3, -0.25) is 0 Å². The fourth-order valence-electron chi connectivity index (χ4n) is 0.756. The first-order valence-electron chi connectivity index (χ1n) is 2.92. The Labute approximate surface area is 50.0 Å². The predicted octanol–water partition coefficient (Wildman–Crippen LogP) is 1.04. The average molecular weight is 110 g/mol. The maximum atomic E-state index is 5.15. The highest BCUT2D eigenvalue weighted by Gasteiger charge is 2.22. The Morgan fingerprint density at radius 1 is 1.88 bits per heavy atom. The summed E-state index contributed by atoms with van der Waals surface area (Å²) < 4.78 is 5.14. The van der Waals surface area contributed by atoms with Gasteiger partial charge in [0.15, 0.2) is 0 Å². The second kappa shape index (κ2) is 2.19. The number of hydrogen-bond donors (Lipinski definition) is 0. The van der Waals surface area contributed by atoms with Gasteiger partial charge in [-0.1, -0.05) is 0 Å². The van der Waals surface area contributed by atoms with E-state index in [-0.39, 0.29) is 0 Å². The Morgan fingerprint density at radius 2 is 2.50 bits per heavy atom. The van der Waals surface area contributed by atoms with Crippen LogP contribution in [0.1, 0.15) is 13.3 Å². The lowest BCUT2D eigenvalue weighted by atomic mass is 10.00. The summed E-state index contributed by atoms with van der Waals surface area (Å²) in [5.41, 5.74) is 0. The van der Waals surface area contributed by atoms with Crippen molar-refractivity contribution in [2.45, 2.75) is 19.4 Å². The average Bonchev–Trinajstić information content (AvgIpc) is 1.62. The van der Waals surface area contributed by atoms with Gasteiger partial charge in [0.1, 0.15) is 0 Å². The zero-order chi connectivity index (χ0) is 5.98.